The van der Waals surface area contributed by atoms with E-state index in [4.69, 9.17) is 49.0 Å². The standard InChI is InChI=1S/C25H23Cl3N2O4/c1-3-33-20-8-4-16(5-9-20)12-24(31)30-29-14-17-10-22(28)25(23(11-17)32-2)34-15-18-6-7-19(26)13-21(18)27/h4-11,13-14H,3,12,15H2,1-2H3,(H,30,31)/b29-14+. The van der Waals surface area contributed by atoms with Crippen LogP contribution in [-0.2, 0) is 17.8 Å². The summed E-state index contributed by atoms with van der Waals surface area (Å²) < 4.78 is 16.7. The van der Waals surface area contributed by atoms with Crippen LogP contribution in [0.4, 0.5) is 0 Å². The summed E-state index contributed by atoms with van der Waals surface area (Å²) in [6.07, 6.45) is 1.66. The van der Waals surface area contributed by atoms with E-state index in [2.05, 4.69) is 10.5 Å². The molecule has 0 saturated carbocycles. The van der Waals surface area contributed by atoms with Crippen molar-refractivity contribution < 1.29 is 19.0 Å². The van der Waals surface area contributed by atoms with E-state index in [9.17, 15) is 4.79 Å². The van der Waals surface area contributed by atoms with E-state index in [0.717, 1.165) is 16.9 Å². The van der Waals surface area contributed by atoms with Crippen LogP contribution in [0, 0.1) is 0 Å². The normalized spacial score (nSPS) is 10.9. The highest BCUT2D eigenvalue weighted by Gasteiger charge is 2.13. The quantitative estimate of drug-likeness (QED) is 0.250. The molecule has 0 spiro atoms. The third-order valence-corrected chi connectivity index (χ3v) is 5.51. The van der Waals surface area contributed by atoms with Crippen LogP contribution < -0.4 is 19.6 Å². The lowest BCUT2D eigenvalue weighted by Gasteiger charge is -2.14. The number of halogens is 3. The maximum Gasteiger partial charge on any atom is 0.244 e. The van der Waals surface area contributed by atoms with E-state index < -0.39 is 0 Å². The minimum atomic E-state index is -0.252. The molecule has 6 nitrogen and oxygen atoms in total. The van der Waals surface area contributed by atoms with Crippen LogP contribution in [0.2, 0.25) is 15.1 Å². The first-order chi connectivity index (χ1) is 16.4. The van der Waals surface area contributed by atoms with Crippen LogP contribution in [-0.4, -0.2) is 25.8 Å². The summed E-state index contributed by atoms with van der Waals surface area (Å²) >= 11 is 18.5. The summed E-state index contributed by atoms with van der Waals surface area (Å²) in [7, 11) is 1.51. The number of hydrazone groups is 1. The van der Waals surface area contributed by atoms with Gasteiger partial charge in [0.2, 0.25) is 5.91 Å². The van der Waals surface area contributed by atoms with Gasteiger partial charge in [-0.2, -0.15) is 5.10 Å². The Hall–Kier alpha value is -2.93. The van der Waals surface area contributed by atoms with Gasteiger partial charge in [0.15, 0.2) is 11.5 Å². The number of methoxy groups -OCH3 is 1. The lowest BCUT2D eigenvalue weighted by atomic mass is 10.1. The van der Waals surface area contributed by atoms with Gasteiger partial charge in [0.1, 0.15) is 12.4 Å². The Morgan fingerprint density at radius 3 is 2.44 bits per heavy atom. The van der Waals surface area contributed by atoms with Gasteiger partial charge in [-0.25, -0.2) is 5.43 Å². The van der Waals surface area contributed by atoms with E-state index in [-0.39, 0.29) is 18.9 Å². The number of carbonyl (C=O) groups excluding carboxylic acids is 1. The predicted octanol–water partition coefficient (Wildman–Crippen LogP) is 6.33. The van der Waals surface area contributed by atoms with Gasteiger partial charge in [0.25, 0.3) is 0 Å². The molecule has 0 aliphatic rings. The van der Waals surface area contributed by atoms with Crippen molar-refractivity contribution in [2.45, 2.75) is 20.0 Å². The topological polar surface area (TPSA) is 69.2 Å². The number of hydrogen-bond donors (Lipinski definition) is 1. The average Bonchev–Trinajstić information content (AvgIpc) is 2.80. The number of nitrogens with zero attached hydrogens (tertiary/aromatic N) is 1. The van der Waals surface area contributed by atoms with Gasteiger partial charge in [0, 0.05) is 15.6 Å². The van der Waals surface area contributed by atoms with Crippen LogP contribution in [0.1, 0.15) is 23.6 Å². The van der Waals surface area contributed by atoms with Crippen molar-refractivity contribution in [1.82, 2.24) is 5.43 Å². The van der Waals surface area contributed by atoms with Crippen LogP contribution in [0.15, 0.2) is 59.7 Å². The largest absolute Gasteiger partial charge is 0.494 e. The van der Waals surface area contributed by atoms with Gasteiger partial charge in [0.05, 0.1) is 31.4 Å². The summed E-state index contributed by atoms with van der Waals surface area (Å²) in [6, 6.07) is 15.9. The molecule has 3 aromatic rings. The molecule has 0 fully saturated rings. The number of ether oxygens (including phenoxy) is 3. The first-order valence-corrected chi connectivity index (χ1v) is 11.5. The molecule has 0 aromatic heterocycles. The van der Waals surface area contributed by atoms with E-state index in [1.807, 2.05) is 31.2 Å². The van der Waals surface area contributed by atoms with Crippen LogP contribution in [0.3, 0.4) is 0 Å². The van der Waals surface area contributed by atoms with Crippen LogP contribution >= 0.6 is 34.8 Å². The van der Waals surface area contributed by atoms with Gasteiger partial charge in [-0.05, 0) is 54.4 Å². The molecule has 3 aromatic carbocycles. The van der Waals surface area contributed by atoms with E-state index in [1.165, 1.54) is 13.3 Å². The molecule has 3 rings (SSSR count). The lowest BCUT2D eigenvalue weighted by molar-refractivity contribution is -0.120. The smallest absolute Gasteiger partial charge is 0.244 e. The fourth-order valence-electron chi connectivity index (χ4n) is 3.02. The molecule has 0 atom stereocenters. The number of hydrogen-bond acceptors (Lipinski definition) is 5. The summed E-state index contributed by atoms with van der Waals surface area (Å²) in [5.74, 6) is 1.30. The fraction of sp³-hybridized carbons (Fsp3) is 0.200. The van der Waals surface area contributed by atoms with Gasteiger partial charge < -0.3 is 14.2 Å². The molecular weight excluding hydrogens is 499 g/mol. The lowest BCUT2D eigenvalue weighted by Crippen LogP contribution is -2.19. The second-order valence-corrected chi connectivity index (χ2v) is 8.36. The first kappa shape index (κ1) is 25.7. The summed E-state index contributed by atoms with van der Waals surface area (Å²) in [6.45, 7) is 2.69. The molecule has 178 valence electrons. The zero-order chi connectivity index (χ0) is 24.5. The van der Waals surface area contributed by atoms with E-state index in [1.54, 1.807) is 30.3 Å². The summed E-state index contributed by atoms with van der Waals surface area (Å²) in [4.78, 5) is 12.2. The monoisotopic (exact) mass is 520 g/mol. The van der Waals surface area contributed by atoms with Crippen LogP contribution in [0.25, 0.3) is 0 Å². The fourth-order valence-corrected chi connectivity index (χ4v) is 3.75. The highest BCUT2D eigenvalue weighted by Crippen LogP contribution is 2.37. The summed E-state index contributed by atoms with van der Waals surface area (Å²) in [5, 5.41) is 5.37. The molecule has 0 saturated heterocycles. The highest BCUT2D eigenvalue weighted by molar-refractivity contribution is 6.35. The Morgan fingerprint density at radius 1 is 1.00 bits per heavy atom. The second-order valence-electron chi connectivity index (χ2n) is 7.11. The maximum absolute atomic E-state index is 12.2. The zero-order valence-corrected chi connectivity index (χ0v) is 20.9. The molecule has 0 bridgehead atoms. The molecule has 0 aliphatic carbocycles. The number of nitrogens with one attached hydrogen (secondary N) is 1. The molecular formula is C25H23Cl3N2O4. The Bertz CT molecular complexity index is 1170. The molecule has 0 unspecified atom stereocenters. The number of rotatable bonds is 10. The van der Waals surface area contributed by atoms with Crippen molar-refractivity contribution in [1.29, 1.82) is 0 Å². The maximum atomic E-state index is 12.2. The highest BCUT2D eigenvalue weighted by atomic mass is 35.5. The molecule has 1 N–H and O–H groups in total. The van der Waals surface area contributed by atoms with Gasteiger partial charge in [-0.3, -0.25) is 4.79 Å². The Labute approximate surface area is 213 Å². The van der Waals surface area contributed by atoms with Crippen molar-refractivity contribution in [2.24, 2.45) is 5.10 Å². The van der Waals surface area contributed by atoms with Gasteiger partial charge in [-0.1, -0.05) is 53.0 Å². The Balaban J connectivity index is 1.61. The minimum Gasteiger partial charge on any atom is -0.494 e. The minimum absolute atomic E-state index is 0.182. The van der Waals surface area contributed by atoms with Gasteiger partial charge >= 0.3 is 0 Å². The Morgan fingerprint density at radius 2 is 1.76 bits per heavy atom. The van der Waals surface area contributed by atoms with Crippen molar-refractivity contribution in [3.8, 4) is 17.2 Å². The van der Waals surface area contributed by atoms with Crippen molar-refractivity contribution in [2.75, 3.05) is 13.7 Å². The average molecular weight is 522 g/mol. The first-order valence-electron chi connectivity index (χ1n) is 10.4. The third-order valence-electron chi connectivity index (χ3n) is 4.64. The molecule has 9 heteroatoms. The number of benzene rings is 3. The molecule has 0 heterocycles. The second kappa shape index (κ2) is 12.5. The molecule has 1 amide bonds. The Kier molecular flexibility index (Phi) is 9.45. The predicted molar refractivity (Wildman–Crippen MR) is 136 cm³/mol. The third kappa shape index (κ3) is 7.29. The molecule has 0 radical (unpaired) electrons. The number of amides is 1. The van der Waals surface area contributed by atoms with Crippen molar-refractivity contribution in [3.63, 3.8) is 0 Å². The van der Waals surface area contributed by atoms with Gasteiger partial charge in [-0.15, -0.1) is 0 Å². The molecule has 0 aliphatic heterocycles. The van der Waals surface area contributed by atoms with Crippen molar-refractivity contribution in [3.05, 3.63) is 86.4 Å². The van der Waals surface area contributed by atoms with E-state index in [0.29, 0.717) is 38.7 Å². The molecule has 34 heavy (non-hydrogen) atoms. The van der Waals surface area contributed by atoms with E-state index >= 15 is 0 Å². The SMILES string of the molecule is CCOc1ccc(CC(=O)N/N=C/c2cc(Cl)c(OCc3ccc(Cl)cc3Cl)c(OC)c2)cc1. The zero-order valence-electron chi connectivity index (χ0n) is 18.6. The summed E-state index contributed by atoms with van der Waals surface area (Å²) in [5.41, 5.74) is 4.74. The van der Waals surface area contributed by atoms with Crippen LogP contribution in [0.5, 0.6) is 17.2 Å². The number of carbonyl (C=O) groups is 1. The van der Waals surface area contributed by atoms with Crippen molar-refractivity contribution >= 4 is 46.9 Å².